The zero-order valence-corrected chi connectivity index (χ0v) is 10.9. The van der Waals surface area contributed by atoms with E-state index in [1.165, 1.54) is 0 Å². The molecule has 0 radical (unpaired) electrons. The highest BCUT2D eigenvalue weighted by atomic mass is 15.2. The maximum atomic E-state index is 8.92. The molecule has 0 saturated carbocycles. The van der Waals surface area contributed by atoms with E-state index in [1.807, 2.05) is 40.8 Å². The first kappa shape index (κ1) is 11.6. The van der Waals surface area contributed by atoms with Crippen LogP contribution in [-0.4, -0.2) is 19.6 Å². The van der Waals surface area contributed by atoms with Crippen molar-refractivity contribution in [2.75, 3.05) is 0 Å². The number of nitrogens with zero attached hydrogens (tertiary/aromatic N) is 5. The van der Waals surface area contributed by atoms with Gasteiger partial charge in [-0.1, -0.05) is 24.3 Å². The Morgan fingerprint density at radius 1 is 1.00 bits per heavy atom. The van der Waals surface area contributed by atoms with Crippen LogP contribution >= 0.6 is 0 Å². The number of pyridine rings is 2. The first-order valence-electron chi connectivity index (χ1n) is 6.46. The van der Waals surface area contributed by atoms with Gasteiger partial charge in [-0.2, -0.15) is 5.26 Å². The van der Waals surface area contributed by atoms with Crippen molar-refractivity contribution in [3.63, 3.8) is 0 Å². The molecule has 0 aliphatic heterocycles. The van der Waals surface area contributed by atoms with Crippen molar-refractivity contribution >= 4 is 16.6 Å². The fourth-order valence-corrected chi connectivity index (χ4v) is 2.33. The summed E-state index contributed by atoms with van der Waals surface area (Å²) in [5, 5.41) is 18.3. The number of fused-ring (bicyclic) bond motifs is 2. The average Bonchev–Trinajstić information content (AvgIpc) is 2.97. The number of nitriles is 1. The van der Waals surface area contributed by atoms with Crippen LogP contribution in [0, 0.1) is 11.3 Å². The molecule has 0 unspecified atom stereocenters. The van der Waals surface area contributed by atoms with Crippen molar-refractivity contribution in [1.82, 2.24) is 19.6 Å². The number of hydrogen-bond donors (Lipinski definition) is 0. The number of benzene rings is 1. The van der Waals surface area contributed by atoms with Gasteiger partial charge >= 0.3 is 0 Å². The van der Waals surface area contributed by atoms with Gasteiger partial charge < -0.3 is 0 Å². The molecule has 5 nitrogen and oxygen atoms in total. The third-order valence-electron chi connectivity index (χ3n) is 3.37. The molecule has 5 heteroatoms. The summed E-state index contributed by atoms with van der Waals surface area (Å²) in [5.74, 6) is 0.667. The fraction of sp³-hybridized carbons (Fsp3) is 0. The lowest BCUT2D eigenvalue weighted by molar-refractivity contribution is 1.10. The van der Waals surface area contributed by atoms with E-state index in [-0.39, 0.29) is 0 Å². The largest absolute Gasteiger partial charge is 0.281 e. The molecule has 0 bridgehead atoms. The first-order valence-corrected chi connectivity index (χ1v) is 6.46. The van der Waals surface area contributed by atoms with Gasteiger partial charge in [-0.3, -0.25) is 4.40 Å². The first-order chi connectivity index (χ1) is 10.3. The lowest BCUT2D eigenvalue weighted by atomic mass is 10.2. The molecule has 0 atom stereocenters. The number of rotatable bonds is 1. The minimum Gasteiger partial charge on any atom is -0.281 e. The highest BCUT2D eigenvalue weighted by molar-refractivity contribution is 5.80. The summed E-state index contributed by atoms with van der Waals surface area (Å²) < 4.78 is 1.83. The molecule has 0 amide bonds. The Bertz CT molecular complexity index is 1010. The van der Waals surface area contributed by atoms with E-state index in [4.69, 9.17) is 5.26 Å². The van der Waals surface area contributed by atoms with Gasteiger partial charge in [0, 0.05) is 17.6 Å². The predicted octanol–water partition coefficient (Wildman–Crippen LogP) is 2.82. The molecule has 0 saturated heterocycles. The molecule has 0 fully saturated rings. The lowest BCUT2D eigenvalue weighted by Crippen LogP contribution is -1.92. The number of aromatic nitrogens is 4. The van der Waals surface area contributed by atoms with Crippen molar-refractivity contribution in [3.8, 4) is 17.6 Å². The summed E-state index contributed by atoms with van der Waals surface area (Å²) >= 11 is 0. The smallest absolute Gasteiger partial charge is 0.187 e. The van der Waals surface area contributed by atoms with E-state index >= 15 is 0 Å². The molecule has 0 N–H and O–H groups in total. The molecule has 3 heterocycles. The topological polar surface area (TPSA) is 66.9 Å². The highest BCUT2D eigenvalue weighted by Gasteiger charge is 2.10. The average molecular weight is 271 g/mol. The van der Waals surface area contributed by atoms with Crippen molar-refractivity contribution in [3.05, 3.63) is 60.3 Å². The van der Waals surface area contributed by atoms with Crippen molar-refractivity contribution in [2.24, 2.45) is 0 Å². The van der Waals surface area contributed by atoms with Gasteiger partial charge in [-0.05, 0) is 18.2 Å². The summed E-state index contributed by atoms with van der Waals surface area (Å²) in [5.41, 5.74) is 2.87. The summed E-state index contributed by atoms with van der Waals surface area (Å²) in [6, 6.07) is 17.4. The Hall–Kier alpha value is -3.26. The zero-order valence-electron chi connectivity index (χ0n) is 10.9. The van der Waals surface area contributed by atoms with Gasteiger partial charge in [-0.15, -0.1) is 10.2 Å². The van der Waals surface area contributed by atoms with Crippen LogP contribution in [0.2, 0.25) is 0 Å². The van der Waals surface area contributed by atoms with Gasteiger partial charge in [0.15, 0.2) is 11.5 Å². The number of para-hydroxylation sites is 1. The van der Waals surface area contributed by atoms with Gasteiger partial charge in [0.2, 0.25) is 0 Å². The van der Waals surface area contributed by atoms with Crippen LogP contribution in [0.15, 0.2) is 54.7 Å². The Morgan fingerprint density at radius 3 is 2.81 bits per heavy atom. The Labute approximate surface area is 120 Å². The fourth-order valence-electron chi connectivity index (χ4n) is 2.33. The second kappa shape index (κ2) is 4.39. The second-order valence-corrected chi connectivity index (χ2v) is 4.67. The zero-order chi connectivity index (χ0) is 14.2. The lowest BCUT2D eigenvalue weighted by Gasteiger charge is -2.02. The minimum atomic E-state index is 0.563. The van der Waals surface area contributed by atoms with Crippen LogP contribution in [0.1, 0.15) is 5.56 Å². The minimum absolute atomic E-state index is 0.563. The molecule has 0 aliphatic rings. The van der Waals surface area contributed by atoms with Crippen LogP contribution in [-0.2, 0) is 0 Å². The summed E-state index contributed by atoms with van der Waals surface area (Å²) in [6.07, 6.45) is 1.79. The van der Waals surface area contributed by atoms with E-state index in [9.17, 15) is 0 Å². The molecule has 21 heavy (non-hydrogen) atoms. The molecule has 0 aliphatic carbocycles. The van der Waals surface area contributed by atoms with Crippen molar-refractivity contribution in [2.45, 2.75) is 0 Å². The third-order valence-corrected chi connectivity index (χ3v) is 3.37. The summed E-state index contributed by atoms with van der Waals surface area (Å²) in [4.78, 5) is 4.62. The summed E-state index contributed by atoms with van der Waals surface area (Å²) in [6.45, 7) is 0. The maximum absolute atomic E-state index is 8.92. The van der Waals surface area contributed by atoms with E-state index in [2.05, 4.69) is 21.3 Å². The second-order valence-electron chi connectivity index (χ2n) is 4.67. The summed E-state index contributed by atoms with van der Waals surface area (Å²) in [7, 11) is 0. The maximum Gasteiger partial charge on any atom is 0.187 e. The highest BCUT2D eigenvalue weighted by Crippen LogP contribution is 2.20. The standard InChI is InChI=1S/C16H9N5/c17-10-11-7-8-21-15(9-11)19-20-16(21)14-6-5-12-3-1-2-4-13(12)18-14/h1-9H. The predicted molar refractivity (Wildman–Crippen MR) is 78.4 cm³/mol. The molecule has 3 aromatic heterocycles. The van der Waals surface area contributed by atoms with E-state index in [0.717, 1.165) is 16.6 Å². The van der Waals surface area contributed by atoms with Crippen LogP contribution in [0.25, 0.3) is 28.1 Å². The monoisotopic (exact) mass is 271 g/mol. The van der Waals surface area contributed by atoms with Crippen molar-refractivity contribution < 1.29 is 0 Å². The van der Waals surface area contributed by atoms with Gasteiger partial charge in [-0.25, -0.2) is 4.98 Å². The Morgan fingerprint density at radius 2 is 1.90 bits per heavy atom. The quantitative estimate of drug-likeness (QED) is 0.534. The van der Waals surface area contributed by atoms with E-state index in [1.54, 1.807) is 18.3 Å². The molecular weight excluding hydrogens is 262 g/mol. The van der Waals surface area contributed by atoms with Gasteiger partial charge in [0.1, 0.15) is 5.69 Å². The molecule has 0 spiro atoms. The Balaban J connectivity index is 1.94. The normalized spacial score (nSPS) is 10.8. The SMILES string of the molecule is N#Cc1ccn2c(-c3ccc4ccccc4n3)nnc2c1. The van der Waals surface area contributed by atoms with E-state index in [0.29, 0.717) is 17.0 Å². The number of hydrogen-bond acceptors (Lipinski definition) is 4. The molecule has 4 aromatic rings. The van der Waals surface area contributed by atoms with Crippen molar-refractivity contribution in [1.29, 1.82) is 5.26 Å². The molecular formula is C16H9N5. The van der Waals surface area contributed by atoms with E-state index < -0.39 is 0 Å². The van der Waals surface area contributed by atoms with Crippen LogP contribution in [0.4, 0.5) is 0 Å². The molecule has 4 rings (SSSR count). The van der Waals surface area contributed by atoms with Gasteiger partial charge in [0.05, 0.1) is 17.1 Å². The van der Waals surface area contributed by atoms with Crippen LogP contribution < -0.4 is 0 Å². The van der Waals surface area contributed by atoms with Crippen LogP contribution in [0.5, 0.6) is 0 Å². The van der Waals surface area contributed by atoms with Gasteiger partial charge in [0.25, 0.3) is 0 Å². The van der Waals surface area contributed by atoms with Crippen LogP contribution in [0.3, 0.4) is 0 Å². The molecule has 98 valence electrons. The Kier molecular flexibility index (Phi) is 2.42. The third kappa shape index (κ3) is 1.82. The molecule has 1 aromatic carbocycles.